The molecule has 0 saturated heterocycles. The van der Waals surface area contributed by atoms with Gasteiger partial charge in [-0.1, -0.05) is 0 Å². The van der Waals surface area contributed by atoms with Crippen LogP contribution in [0.2, 0.25) is 0 Å². The summed E-state index contributed by atoms with van der Waals surface area (Å²) in [5, 5.41) is 0. The molecule has 7 nitrogen and oxygen atoms in total. The van der Waals surface area contributed by atoms with Crippen LogP contribution in [0.25, 0.3) is 0 Å². The van der Waals surface area contributed by atoms with Gasteiger partial charge >= 0.3 is 0 Å². The minimum atomic E-state index is -0.388. The Morgan fingerprint density at radius 2 is 2.12 bits per heavy atom. The Balaban J connectivity index is 2.07. The number of halogens is 1. The number of nitrogen functional groups attached to an aromatic ring is 1. The molecule has 0 unspecified atom stereocenters. The lowest BCUT2D eigenvalue weighted by molar-refractivity contribution is 0.338. The van der Waals surface area contributed by atoms with Crippen molar-refractivity contribution in [1.29, 1.82) is 0 Å². The van der Waals surface area contributed by atoms with Crippen LogP contribution in [0.15, 0.2) is 47.3 Å². The predicted molar refractivity (Wildman–Crippen MR) is 86.4 cm³/mol. The Bertz CT molecular complexity index is 810. The van der Waals surface area contributed by atoms with Crippen LogP contribution in [0, 0.1) is 5.82 Å². The van der Waals surface area contributed by atoms with Gasteiger partial charge in [-0.3, -0.25) is 0 Å². The van der Waals surface area contributed by atoms with E-state index in [1.165, 1.54) is 18.4 Å². The minimum absolute atomic E-state index is 0.130. The number of hydrogen-bond donors (Lipinski definition) is 1. The van der Waals surface area contributed by atoms with Crippen molar-refractivity contribution in [2.24, 2.45) is 0 Å². The van der Waals surface area contributed by atoms with Crippen molar-refractivity contribution in [3.05, 3.63) is 54.6 Å². The molecule has 3 rings (SSSR count). The van der Waals surface area contributed by atoms with Gasteiger partial charge in [-0.15, -0.1) is 0 Å². The van der Waals surface area contributed by atoms with Crippen molar-refractivity contribution in [2.75, 3.05) is 17.2 Å². The normalized spacial score (nSPS) is 10.6. The molecule has 0 spiro atoms. The maximum atomic E-state index is 13.6. The molecule has 3 aromatic rings. The van der Waals surface area contributed by atoms with Crippen molar-refractivity contribution in [3.8, 4) is 5.75 Å². The maximum absolute atomic E-state index is 13.6. The van der Waals surface area contributed by atoms with E-state index in [4.69, 9.17) is 14.9 Å². The molecule has 0 aliphatic carbocycles. The summed E-state index contributed by atoms with van der Waals surface area (Å²) >= 11 is 0. The smallest absolute Gasteiger partial charge is 0.221 e. The highest BCUT2D eigenvalue weighted by Crippen LogP contribution is 2.35. The number of ether oxygens (including phenoxy) is 1. The third-order valence-electron chi connectivity index (χ3n) is 3.23. The summed E-state index contributed by atoms with van der Waals surface area (Å²) in [6, 6.07) is 5.98. The van der Waals surface area contributed by atoms with E-state index in [2.05, 4.69) is 15.0 Å². The highest BCUT2D eigenvalue weighted by atomic mass is 19.1. The topological polar surface area (TPSA) is 90.3 Å². The molecule has 2 aromatic heterocycles. The largest absolute Gasteiger partial charge is 0.492 e. The summed E-state index contributed by atoms with van der Waals surface area (Å²) < 4.78 is 24.5. The summed E-state index contributed by atoms with van der Waals surface area (Å²) in [6.07, 6.45) is 4.58. The van der Waals surface area contributed by atoms with Gasteiger partial charge < -0.3 is 19.8 Å². The fourth-order valence-electron chi connectivity index (χ4n) is 2.25. The van der Waals surface area contributed by atoms with Crippen molar-refractivity contribution < 1.29 is 13.5 Å². The molecular weight excluding hydrogens is 313 g/mol. The van der Waals surface area contributed by atoms with Gasteiger partial charge in [-0.2, -0.15) is 4.98 Å². The molecule has 0 bridgehead atoms. The first-order valence-corrected chi connectivity index (χ1v) is 7.34. The molecular formula is C16H16FN5O2. The van der Waals surface area contributed by atoms with E-state index in [-0.39, 0.29) is 18.3 Å². The zero-order valence-electron chi connectivity index (χ0n) is 13.0. The molecule has 24 heavy (non-hydrogen) atoms. The first-order chi connectivity index (χ1) is 11.7. The summed E-state index contributed by atoms with van der Waals surface area (Å²) in [6.45, 7) is 2.50. The molecule has 2 heterocycles. The van der Waals surface area contributed by atoms with E-state index < -0.39 is 0 Å². The average molecular weight is 329 g/mol. The van der Waals surface area contributed by atoms with Gasteiger partial charge in [0.25, 0.3) is 0 Å². The van der Waals surface area contributed by atoms with E-state index >= 15 is 0 Å². The highest BCUT2D eigenvalue weighted by Gasteiger charge is 2.19. The van der Waals surface area contributed by atoms with Gasteiger partial charge in [0.2, 0.25) is 11.8 Å². The molecule has 0 aliphatic heterocycles. The average Bonchev–Trinajstić information content (AvgIpc) is 3.07. The van der Waals surface area contributed by atoms with Gasteiger partial charge in [0.15, 0.2) is 0 Å². The van der Waals surface area contributed by atoms with Gasteiger partial charge in [-0.25, -0.2) is 14.4 Å². The molecule has 8 heteroatoms. The van der Waals surface area contributed by atoms with Gasteiger partial charge in [-0.05, 0) is 25.1 Å². The summed E-state index contributed by atoms with van der Waals surface area (Å²) in [5.74, 6) is 1.12. The van der Waals surface area contributed by atoms with Crippen LogP contribution < -0.4 is 15.4 Å². The van der Waals surface area contributed by atoms with Crippen LogP contribution >= 0.6 is 0 Å². The summed E-state index contributed by atoms with van der Waals surface area (Å²) in [5.41, 5.74) is 6.31. The lowest BCUT2D eigenvalue weighted by atomic mass is 10.2. The second kappa shape index (κ2) is 6.95. The number of nitrogens with zero attached hydrogens (tertiary/aromatic N) is 4. The Kier molecular flexibility index (Phi) is 4.55. The quantitative estimate of drug-likeness (QED) is 0.743. The molecule has 0 fully saturated rings. The van der Waals surface area contributed by atoms with Crippen LogP contribution in [0.5, 0.6) is 5.75 Å². The molecule has 2 N–H and O–H groups in total. The number of aromatic nitrogens is 3. The van der Waals surface area contributed by atoms with E-state index in [9.17, 15) is 4.39 Å². The van der Waals surface area contributed by atoms with Crippen LogP contribution in [-0.2, 0) is 6.54 Å². The lowest BCUT2D eigenvalue weighted by Gasteiger charge is -2.24. The number of hydrogen-bond acceptors (Lipinski definition) is 7. The van der Waals surface area contributed by atoms with E-state index in [1.54, 1.807) is 29.4 Å². The minimum Gasteiger partial charge on any atom is -0.492 e. The van der Waals surface area contributed by atoms with E-state index in [1.807, 2.05) is 6.92 Å². The monoisotopic (exact) mass is 329 g/mol. The number of rotatable bonds is 6. The number of benzene rings is 1. The molecule has 0 amide bonds. The first kappa shape index (κ1) is 15.7. The van der Waals surface area contributed by atoms with Crippen molar-refractivity contribution >= 4 is 17.5 Å². The summed E-state index contributed by atoms with van der Waals surface area (Å²) in [4.78, 5) is 14.0. The van der Waals surface area contributed by atoms with Crippen LogP contribution in [0.4, 0.5) is 21.8 Å². The number of oxazole rings is 1. The van der Waals surface area contributed by atoms with Crippen LogP contribution in [-0.4, -0.2) is 21.6 Å². The highest BCUT2D eigenvalue weighted by molar-refractivity contribution is 5.67. The Morgan fingerprint density at radius 3 is 2.83 bits per heavy atom. The standard InChI is InChI=1S/C16H16FN5O2/c1-2-23-13-9-11(17)3-4-12(13)22(10-15-19-7-8-24-15)14-5-6-20-16(18)21-14/h3-9H,2,10H2,1H3,(H2,18,20,21). The van der Waals surface area contributed by atoms with E-state index in [0.717, 1.165) is 0 Å². The molecule has 1 aromatic carbocycles. The molecule has 0 aliphatic rings. The molecule has 0 saturated carbocycles. The van der Waals surface area contributed by atoms with Crippen molar-refractivity contribution in [3.63, 3.8) is 0 Å². The lowest BCUT2D eigenvalue weighted by Crippen LogP contribution is -2.19. The molecule has 0 radical (unpaired) electrons. The zero-order chi connectivity index (χ0) is 16.9. The molecule has 124 valence electrons. The maximum Gasteiger partial charge on any atom is 0.221 e. The van der Waals surface area contributed by atoms with Gasteiger partial charge in [0.1, 0.15) is 30.2 Å². The Morgan fingerprint density at radius 1 is 1.25 bits per heavy atom. The van der Waals surface area contributed by atoms with Gasteiger partial charge in [0.05, 0.1) is 18.5 Å². The SMILES string of the molecule is CCOc1cc(F)ccc1N(Cc1ncco1)c1ccnc(N)n1. The summed E-state index contributed by atoms with van der Waals surface area (Å²) in [7, 11) is 0. The first-order valence-electron chi connectivity index (χ1n) is 7.34. The predicted octanol–water partition coefficient (Wildman–Crippen LogP) is 2.92. The third kappa shape index (κ3) is 3.43. The van der Waals surface area contributed by atoms with Crippen LogP contribution in [0.1, 0.15) is 12.8 Å². The second-order valence-corrected chi connectivity index (χ2v) is 4.83. The number of nitrogens with two attached hydrogens (primary N) is 1. The van der Waals surface area contributed by atoms with Crippen molar-refractivity contribution in [2.45, 2.75) is 13.5 Å². The second-order valence-electron chi connectivity index (χ2n) is 4.83. The zero-order valence-corrected chi connectivity index (χ0v) is 13.0. The van der Waals surface area contributed by atoms with Crippen molar-refractivity contribution in [1.82, 2.24) is 15.0 Å². The van der Waals surface area contributed by atoms with Crippen LogP contribution in [0.3, 0.4) is 0 Å². The molecule has 0 atom stereocenters. The Hall–Kier alpha value is -3.16. The number of anilines is 3. The Labute approximate surface area is 137 Å². The fraction of sp³-hybridized carbons (Fsp3) is 0.188. The van der Waals surface area contributed by atoms with Gasteiger partial charge in [0, 0.05) is 12.3 Å². The fourth-order valence-corrected chi connectivity index (χ4v) is 2.25. The van der Waals surface area contributed by atoms with E-state index in [0.29, 0.717) is 29.8 Å². The third-order valence-corrected chi connectivity index (χ3v) is 3.23.